The van der Waals surface area contributed by atoms with E-state index in [-0.39, 0.29) is 30.1 Å². The molecule has 6 nitrogen and oxygen atoms in total. The van der Waals surface area contributed by atoms with Crippen molar-refractivity contribution < 1.29 is 9.47 Å². The van der Waals surface area contributed by atoms with E-state index < -0.39 is 0 Å². The first-order valence-electron chi connectivity index (χ1n) is 11.0. The average Bonchev–Trinajstić information content (AvgIpc) is 3.20. The van der Waals surface area contributed by atoms with Gasteiger partial charge in [0.05, 0.1) is 13.2 Å². The minimum Gasteiger partial charge on any atom is -0.488 e. The molecule has 1 atom stereocenters. The van der Waals surface area contributed by atoms with Crippen LogP contribution in [0.2, 0.25) is 0 Å². The lowest BCUT2D eigenvalue weighted by molar-refractivity contribution is 0.140. The summed E-state index contributed by atoms with van der Waals surface area (Å²) in [5.74, 6) is 1.79. The van der Waals surface area contributed by atoms with Crippen molar-refractivity contribution in [3.63, 3.8) is 0 Å². The Morgan fingerprint density at radius 2 is 1.93 bits per heavy atom. The van der Waals surface area contributed by atoms with Gasteiger partial charge in [0.25, 0.3) is 0 Å². The van der Waals surface area contributed by atoms with Gasteiger partial charge in [0, 0.05) is 32.1 Å². The summed E-state index contributed by atoms with van der Waals surface area (Å²) in [6, 6.07) is 6.37. The molecular formula is C23H41IN4O2. The third kappa shape index (κ3) is 10.8. The zero-order chi connectivity index (χ0) is 20.9. The summed E-state index contributed by atoms with van der Waals surface area (Å²) in [5.41, 5.74) is 2.35. The van der Waals surface area contributed by atoms with Crippen LogP contribution in [-0.2, 0) is 11.3 Å². The average molecular weight is 533 g/mol. The van der Waals surface area contributed by atoms with Gasteiger partial charge in [-0.1, -0.05) is 31.4 Å². The molecule has 1 saturated heterocycles. The highest BCUT2D eigenvalue weighted by Crippen LogP contribution is 2.23. The van der Waals surface area contributed by atoms with Crippen molar-refractivity contribution in [3.05, 3.63) is 29.3 Å². The molecule has 1 unspecified atom stereocenters. The van der Waals surface area contributed by atoms with Crippen LogP contribution in [0.1, 0.15) is 49.7 Å². The molecule has 0 aromatic heterocycles. The van der Waals surface area contributed by atoms with Crippen LogP contribution in [0.15, 0.2) is 23.2 Å². The first-order chi connectivity index (χ1) is 14.1. The van der Waals surface area contributed by atoms with E-state index in [4.69, 9.17) is 9.47 Å². The van der Waals surface area contributed by atoms with Crippen LogP contribution in [0.25, 0.3) is 0 Å². The molecule has 0 radical (unpaired) electrons. The molecule has 0 saturated carbocycles. The maximum Gasteiger partial charge on any atom is 0.191 e. The second-order valence-corrected chi connectivity index (χ2v) is 8.14. The van der Waals surface area contributed by atoms with Crippen molar-refractivity contribution >= 4 is 29.9 Å². The number of rotatable bonds is 12. The highest BCUT2D eigenvalue weighted by atomic mass is 127. The Labute approximate surface area is 200 Å². The standard InChI is InChI=1S/C23H40N4O2.HI/c1-19-10-11-20(22(16-19)29-21-12-15-28-18-21)17-26-23(24-2)25-13-8-6-5-7-9-14-27(3)4;/h10-11,16,21H,5-9,12-15,17-18H2,1-4H3,(H2,24,25,26);1H. The van der Waals surface area contributed by atoms with E-state index in [1.54, 1.807) is 0 Å². The number of nitrogens with one attached hydrogen (secondary N) is 2. The lowest BCUT2D eigenvalue weighted by Gasteiger charge is -2.18. The summed E-state index contributed by atoms with van der Waals surface area (Å²) >= 11 is 0. The molecule has 2 N–H and O–H groups in total. The summed E-state index contributed by atoms with van der Waals surface area (Å²) < 4.78 is 11.6. The fourth-order valence-corrected chi connectivity index (χ4v) is 3.39. The molecule has 7 heteroatoms. The Kier molecular flexibility index (Phi) is 14.1. The molecule has 30 heavy (non-hydrogen) atoms. The first-order valence-corrected chi connectivity index (χ1v) is 11.0. The number of aliphatic imine (C=N–C) groups is 1. The molecular weight excluding hydrogens is 491 g/mol. The van der Waals surface area contributed by atoms with E-state index in [1.165, 1.54) is 44.2 Å². The van der Waals surface area contributed by atoms with E-state index in [0.29, 0.717) is 13.2 Å². The highest BCUT2D eigenvalue weighted by molar-refractivity contribution is 14.0. The maximum atomic E-state index is 6.18. The van der Waals surface area contributed by atoms with Crippen molar-refractivity contribution in [1.29, 1.82) is 0 Å². The number of hydrogen-bond donors (Lipinski definition) is 2. The topological polar surface area (TPSA) is 58.1 Å². The SMILES string of the molecule is CN=C(NCCCCCCCN(C)C)NCc1ccc(C)cc1OC1CCOC1.I. The van der Waals surface area contributed by atoms with E-state index in [2.05, 4.69) is 59.7 Å². The lowest BCUT2D eigenvalue weighted by Crippen LogP contribution is -2.37. The molecule has 0 amide bonds. The molecule has 0 bridgehead atoms. The molecule has 1 fully saturated rings. The predicted octanol–water partition coefficient (Wildman–Crippen LogP) is 3.96. The summed E-state index contributed by atoms with van der Waals surface area (Å²) in [6.07, 6.45) is 7.45. The minimum atomic E-state index is 0. The first kappa shape index (κ1) is 27.0. The van der Waals surface area contributed by atoms with E-state index in [0.717, 1.165) is 36.8 Å². The number of aryl methyl sites for hydroxylation is 1. The molecule has 2 rings (SSSR count). The number of nitrogens with zero attached hydrogens (tertiary/aromatic N) is 2. The number of hydrogen-bond acceptors (Lipinski definition) is 4. The summed E-state index contributed by atoms with van der Waals surface area (Å²) in [4.78, 5) is 6.60. The van der Waals surface area contributed by atoms with Crippen molar-refractivity contribution in [2.24, 2.45) is 4.99 Å². The number of ether oxygens (including phenoxy) is 2. The normalized spacial score (nSPS) is 16.4. The Bertz CT molecular complexity index is 619. The van der Waals surface area contributed by atoms with Gasteiger partial charge in [0.2, 0.25) is 0 Å². The molecule has 0 spiro atoms. The van der Waals surface area contributed by atoms with Gasteiger partial charge in [-0.25, -0.2) is 0 Å². The quantitative estimate of drug-likeness (QED) is 0.185. The van der Waals surface area contributed by atoms with Crippen molar-refractivity contribution in [2.75, 3.05) is 47.4 Å². The van der Waals surface area contributed by atoms with E-state index in [1.807, 2.05) is 7.05 Å². The number of guanidine groups is 1. The van der Waals surface area contributed by atoms with Gasteiger partial charge in [0.1, 0.15) is 11.9 Å². The van der Waals surface area contributed by atoms with Crippen molar-refractivity contribution in [2.45, 2.75) is 58.1 Å². The smallest absolute Gasteiger partial charge is 0.191 e. The fourth-order valence-electron chi connectivity index (χ4n) is 3.39. The lowest BCUT2D eigenvalue weighted by atomic mass is 10.1. The largest absolute Gasteiger partial charge is 0.488 e. The predicted molar refractivity (Wildman–Crippen MR) is 136 cm³/mol. The van der Waals surface area contributed by atoms with Gasteiger partial charge >= 0.3 is 0 Å². The molecule has 1 aliphatic rings. The number of halogens is 1. The van der Waals surface area contributed by atoms with Crippen LogP contribution >= 0.6 is 24.0 Å². The third-order valence-electron chi connectivity index (χ3n) is 5.15. The van der Waals surface area contributed by atoms with Crippen molar-refractivity contribution in [3.8, 4) is 5.75 Å². The number of benzene rings is 1. The highest BCUT2D eigenvalue weighted by Gasteiger charge is 2.18. The monoisotopic (exact) mass is 532 g/mol. The van der Waals surface area contributed by atoms with Crippen LogP contribution in [0, 0.1) is 6.92 Å². The van der Waals surface area contributed by atoms with E-state index >= 15 is 0 Å². The van der Waals surface area contributed by atoms with Gasteiger partial charge in [0.15, 0.2) is 5.96 Å². The second-order valence-electron chi connectivity index (χ2n) is 8.14. The van der Waals surface area contributed by atoms with Gasteiger partial charge < -0.3 is 25.0 Å². The van der Waals surface area contributed by atoms with Crippen LogP contribution < -0.4 is 15.4 Å². The Balaban J connectivity index is 0.00000450. The second kappa shape index (κ2) is 15.7. The Morgan fingerprint density at radius 3 is 2.63 bits per heavy atom. The molecule has 0 aliphatic carbocycles. The minimum absolute atomic E-state index is 0. The van der Waals surface area contributed by atoms with Gasteiger partial charge in [-0.05, 0) is 52.0 Å². The maximum absolute atomic E-state index is 6.18. The van der Waals surface area contributed by atoms with Crippen molar-refractivity contribution in [1.82, 2.24) is 15.5 Å². The van der Waals surface area contributed by atoms with Crippen LogP contribution in [0.3, 0.4) is 0 Å². The zero-order valence-electron chi connectivity index (χ0n) is 19.2. The van der Waals surface area contributed by atoms with E-state index in [9.17, 15) is 0 Å². The third-order valence-corrected chi connectivity index (χ3v) is 5.15. The molecule has 1 aromatic rings. The Morgan fingerprint density at radius 1 is 1.17 bits per heavy atom. The van der Waals surface area contributed by atoms with Crippen LogP contribution in [-0.4, -0.2) is 64.4 Å². The number of unbranched alkanes of at least 4 members (excludes halogenated alkanes) is 4. The van der Waals surface area contributed by atoms with Gasteiger partial charge in [-0.3, -0.25) is 4.99 Å². The molecule has 172 valence electrons. The van der Waals surface area contributed by atoms with Gasteiger partial charge in [-0.2, -0.15) is 0 Å². The molecule has 1 aromatic carbocycles. The molecule has 1 aliphatic heterocycles. The Hall–Kier alpha value is -1.06. The summed E-state index contributed by atoms with van der Waals surface area (Å²) in [6.45, 7) is 6.39. The van der Waals surface area contributed by atoms with Crippen LogP contribution in [0.4, 0.5) is 0 Å². The summed E-state index contributed by atoms with van der Waals surface area (Å²) in [5, 5.41) is 6.84. The summed E-state index contributed by atoms with van der Waals surface area (Å²) in [7, 11) is 6.09. The van der Waals surface area contributed by atoms with Gasteiger partial charge in [-0.15, -0.1) is 24.0 Å². The fraction of sp³-hybridized carbons (Fsp3) is 0.696. The zero-order valence-corrected chi connectivity index (χ0v) is 21.5. The molecule has 1 heterocycles. The van der Waals surface area contributed by atoms with Crippen LogP contribution in [0.5, 0.6) is 5.75 Å².